The van der Waals surface area contributed by atoms with E-state index in [0.717, 1.165) is 12.8 Å². The maximum absolute atomic E-state index is 11.9. The largest absolute Gasteiger partial charge is 0.471 e. The molecule has 0 aliphatic heterocycles. The normalized spacial score (nSPS) is 13.3. The average molecular weight is 392 g/mol. The zero-order valence-electron chi connectivity index (χ0n) is 16.0. The van der Waals surface area contributed by atoms with Gasteiger partial charge in [0.2, 0.25) is 5.90 Å². The summed E-state index contributed by atoms with van der Waals surface area (Å²) in [6, 6.07) is 0. The standard InChI is InChI=1S/C18H33NO6.H4Si/c1-5-9-14(24-16(19-22)10-6-2)15(25-18(21)12-8-4)13-23-17(20)11-7-3;/h14-15,22H,5-13H2,1-4H3;1H4. The highest BCUT2D eigenvalue weighted by atomic mass is 28.1. The molecule has 0 aliphatic rings. The summed E-state index contributed by atoms with van der Waals surface area (Å²) in [6.07, 6.45) is 3.28. The van der Waals surface area contributed by atoms with Crippen molar-refractivity contribution in [3.63, 3.8) is 0 Å². The molecule has 7 nitrogen and oxygen atoms in total. The topological polar surface area (TPSA) is 94.4 Å². The molecule has 154 valence electrons. The first-order valence-corrected chi connectivity index (χ1v) is 9.24. The predicted molar refractivity (Wildman–Crippen MR) is 106 cm³/mol. The molecule has 1 N–H and O–H groups in total. The Morgan fingerprint density at radius 2 is 1.42 bits per heavy atom. The fraction of sp³-hybridized carbons (Fsp3) is 0.833. The molecule has 0 saturated carbocycles. The molecular formula is C18H37NO6Si. The van der Waals surface area contributed by atoms with Crippen molar-refractivity contribution in [2.24, 2.45) is 5.16 Å². The van der Waals surface area contributed by atoms with Crippen molar-refractivity contribution < 1.29 is 29.0 Å². The van der Waals surface area contributed by atoms with Crippen molar-refractivity contribution >= 4 is 28.8 Å². The van der Waals surface area contributed by atoms with E-state index in [4.69, 9.17) is 19.4 Å². The molecule has 0 aromatic carbocycles. The minimum absolute atomic E-state index is 0. The van der Waals surface area contributed by atoms with Crippen LogP contribution in [0.25, 0.3) is 0 Å². The fourth-order valence-electron chi connectivity index (χ4n) is 2.23. The highest BCUT2D eigenvalue weighted by Crippen LogP contribution is 2.16. The van der Waals surface area contributed by atoms with Crippen molar-refractivity contribution in [3.05, 3.63) is 0 Å². The van der Waals surface area contributed by atoms with Crippen molar-refractivity contribution in [3.8, 4) is 0 Å². The SMILES string of the molecule is CCCC(=O)OCC(OC(=O)CCC)C(CCC)OC(CCC)=NO.[SiH4]. The van der Waals surface area contributed by atoms with Gasteiger partial charge in [-0.25, -0.2) is 0 Å². The Hall–Kier alpha value is -1.57. The second-order valence-corrected chi connectivity index (χ2v) is 5.90. The maximum atomic E-state index is 11.9. The van der Waals surface area contributed by atoms with Crippen LogP contribution in [-0.2, 0) is 23.8 Å². The third-order valence-electron chi connectivity index (χ3n) is 3.45. The smallest absolute Gasteiger partial charge is 0.306 e. The average Bonchev–Trinajstić information content (AvgIpc) is 2.58. The van der Waals surface area contributed by atoms with Gasteiger partial charge in [-0.3, -0.25) is 9.59 Å². The van der Waals surface area contributed by atoms with Gasteiger partial charge in [-0.05, 0) is 36.6 Å². The first-order chi connectivity index (χ1) is 12.0. The molecule has 0 rings (SSSR count). The fourth-order valence-corrected chi connectivity index (χ4v) is 2.23. The third-order valence-corrected chi connectivity index (χ3v) is 3.45. The molecule has 0 aromatic heterocycles. The van der Waals surface area contributed by atoms with Crippen LogP contribution in [-0.4, -0.2) is 52.8 Å². The van der Waals surface area contributed by atoms with Gasteiger partial charge in [0, 0.05) is 19.3 Å². The summed E-state index contributed by atoms with van der Waals surface area (Å²) in [5, 5.41) is 12.2. The quantitative estimate of drug-likeness (QED) is 0.129. The molecule has 0 fully saturated rings. The van der Waals surface area contributed by atoms with Crippen LogP contribution in [0.3, 0.4) is 0 Å². The summed E-state index contributed by atoms with van der Waals surface area (Å²) >= 11 is 0. The van der Waals surface area contributed by atoms with Crippen LogP contribution in [0.15, 0.2) is 5.16 Å². The number of oxime groups is 1. The highest BCUT2D eigenvalue weighted by Gasteiger charge is 2.29. The van der Waals surface area contributed by atoms with Crippen LogP contribution in [0.1, 0.15) is 79.1 Å². The Balaban J connectivity index is 0. The molecule has 0 aromatic rings. The lowest BCUT2D eigenvalue weighted by Gasteiger charge is -2.27. The summed E-state index contributed by atoms with van der Waals surface area (Å²) in [6.45, 7) is 7.62. The first-order valence-electron chi connectivity index (χ1n) is 9.24. The maximum Gasteiger partial charge on any atom is 0.306 e. The van der Waals surface area contributed by atoms with E-state index in [-0.39, 0.29) is 41.8 Å². The first kappa shape index (κ1) is 26.7. The van der Waals surface area contributed by atoms with Crippen molar-refractivity contribution in [2.75, 3.05) is 6.61 Å². The van der Waals surface area contributed by atoms with E-state index in [1.54, 1.807) is 0 Å². The van der Waals surface area contributed by atoms with Gasteiger partial charge in [0.1, 0.15) is 12.7 Å². The summed E-state index contributed by atoms with van der Waals surface area (Å²) < 4.78 is 16.5. The van der Waals surface area contributed by atoms with Crippen LogP contribution in [0.5, 0.6) is 0 Å². The van der Waals surface area contributed by atoms with Crippen LogP contribution in [0.4, 0.5) is 0 Å². The van der Waals surface area contributed by atoms with Gasteiger partial charge in [-0.15, -0.1) is 0 Å². The van der Waals surface area contributed by atoms with E-state index in [0.29, 0.717) is 32.1 Å². The lowest BCUT2D eigenvalue weighted by atomic mass is 10.1. The molecule has 0 aliphatic carbocycles. The number of hydrogen-bond acceptors (Lipinski definition) is 7. The van der Waals surface area contributed by atoms with Gasteiger partial charge in [-0.1, -0.05) is 39.3 Å². The van der Waals surface area contributed by atoms with Crippen LogP contribution < -0.4 is 0 Å². The van der Waals surface area contributed by atoms with Crippen LogP contribution in [0.2, 0.25) is 0 Å². The summed E-state index contributed by atoms with van der Waals surface area (Å²) in [5.41, 5.74) is 0. The number of carbonyl (C=O) groups is 2. The van der Waals surface area contributed by atoms with Gasteiger partial charge < -0.3 is 19.4 Å². The molecule has 0 saturated heterocycles. The molecule has 2 atom stereocenters. The van der Waals surface area contributed by atoms with E-state index in [1.165, 1.54) is 0 Å². The Labute approximate surface area is 161 Å². The van der Waals surface area contributed by atoms with Gasteiger partial charge in [-0.2, -0.15) is 0 Å². The number of hydrogen-bond donors (Lipinski definition) is 1. The number of carbonyl (C=O) groups excluding carboxylic acids is 2. The Morgan fingerprint density at radius 3 is 1.92 bits per heavy atom. The summed E-state index contributed by atoms with van der Waals surface area (Å²) in [4.78, 5) is 23.6. The Bertz CT molecular complexity index is 416. The molecule has 0 bridgehead atoms. The van der Waals surface area contributed by atoms with Gasteiger partial charge in [0.15, 0.2) is 6.10 Å². The van der Waals surface area contributed by atoms with E-state index in [1.807, 2.05) is 27.7 Å². The molecule has 26 heavy (non-hydrogen) atoms. The minimum Gasteiger partial charge on any atom is -0.471 e. The van der Waals surface area contributed by atoms with Crippen LogP contribution >= 0.6 is 0 Å². The summed E-state index contributed by atoms with van der Waals surface area (Å²) in [5.74, 6) is -0.502. The highest BCUT2D eigenvalue weighted by molar-refractivity contribution is 5.76. The van der Waals surface area contributed by atoms with Crippen molar-refractivity contribution in [1.82, 2.24) is 0 Å². The third kappa shape index (κ3) is 11.9. The predicted octanol–water partition coefficient (Wildman–Crippen LogP) is 2.36. The van der Waals surface area contributed by atoms with E-state index < -0.39 is 12.2 Å². The zero-order chi connectivity index (χ0) is 19.1. The van der Waals surface area contributed by atoms with E-state index >= 15 is 0 Å². The second-order valence-electron chi connectivity index (χ2n) is 5.90. The van der Waals surface area contributed by atoms with E-state index in [2.05, 4.69) is 5.16 Å². The van der Waals surface area contributed by atoms with E-state index in [9.17, 15) is 9.59 Å². The van der Waals surface area contributed by atoms with Gasteiger partial charge in [0.05, 0.1) is 0 Å². The molecule has 0 radical (unpaired) electrons. The molecule has 0 amide bonds. The zero-order valence-corrected chi connectivity index (χ0v) is 16.0. The molecular weight excluding hydrogens is 354 g/mol. The molecule has 0 spiro atoms. The number of ether oxygens (including phenoxy) is 3. The Kier molecular flexibility index (Phi) is 17.3. The second kappa shape index (κ2) is 16.9. The molecule has 0 heterocycles. The number of nitrogens with zero attached hydrogens (tertiary/aromatic N) is 1. The lowest BCUT2D eigenvalue weighted by Crippen LogP contribution is -2.39. The van der Waals surface area contributed by atoms with Crippen molar-refractivity contribution in [1.29, 1.82) is 0 Å². The minimum atomic E-state index is -0.728. The van der Waals surface area contributed by atoms with Crippen LogP contribution in [0, 0.1) is 0 Å². The molecule has 8 heteroatoms. The van der Waals surface area contributed by atoms with Gasteiger partial charge >= 0.3 is 11.9 Å². The van der Waals surface area contributed by atoms with Crippen molar-refractivity contribution in [2.45, 2.75) is 91.3 Å². The monoisotopic (exact) mass is 391 g/mol. The lowest BCUT2D eigenvalue weighted by molar-refractivity contribution is -0.166. The van der Waals surface area contributed by atoms with Gasteiger partial charge in [0.25, 0.3) is 0 Å². The number of esters is 2. The molecule has 2 unspecified atom stereocenters. The number of rotatable bonds is 13. The Morgan fingerprint density at radius 1 is 0.846 bits per heavy atom. The summed E-state index contributed by atoms with van der Waals surface area (Å²) in [7, 11) is 0.